The smallest absolute Gasteiger partial charge is 0.224 e. The van der Waals surface area contributed by atoms with Crippen LogP contribution in [-0.4, -0.2) is 39.6 Å². The number of aliphatic hydroxyl groups is 1. The summed E-state index contributed by atoms with van der Waals surface area (Å²) >= 11 is 1.86. The molecule has 2 heterocycles. The molecule has 1 aromatic carbocycles. The molecule has 0 bridgehead atoms. The number of fused-ring (bicyclic) bond motifs is 1. The highest BCUT2D eigenvalue weighted by molar-refractivity contribution is 7.99. The number of nitrogens with zero attached hydrogens (tertiary/aromatic N) is 1. The van der Waals surface area contributed by atoms with Gasteiger partial charge in [0.25, 0.3) is 0 Å². The predicted octanol–water partition coefficient (Wildman–Crippen LogP) is 2.77. The van der Waals surface area contributed by atoms with Crippen molar-refractivity contribution < 1.29 is 9.90 Å². The van der Waals surface area contributed by atoms with Gasteiger partial charge in [-0.2, -0.15) is 11.8 Å². The highest BCUT2D eigenvalue weighted by Crippen LogP contribution is 2.26. The number of nitrogens with one attached hydrogen (secondary N) is 1. The van der Waals surface area contributed by atoms with Crippen molar-refractivity contribution in [1.29, 1.82) is 0 Å². The van der Waals surface area contributed by atoms with Crippen LogP contribution in [0.3, 0.4) is 0 Å². The molecular formula is C19H24N2O2S. The van der Waals surface area contributed by atoms with Gasteiger partial charge in [0.1, 0.15) is 0 Å². The van der Waals surface area contributed by atoms with Gasteiger partial charge in [-0.05, 0) is 55.4 Å². The highest BCUT2D eigenvalue weighted by atomic mass is 32.2. The van der Waals surface area contributed by atoms with Crippen molar-refractivity contribution in [2.45, 2.75) is 38.7 Å². The number of hydrogen-bond donors (Lipinski definition) is 2. The Morgan fingerprint density at radius 3 is 2.75 bits per heavy atom. The molecule has 1 fully saturated rings. The molecule has 128 valence electrons. The Bertz CT molecular complexity index is 754. The number of aromatic nitrogens is 1. The monoisotopic (exact) mass is 344 g/mol. The van der Waals surface area contributed by atoms with Gasteiger partial charge in [0.05, 0.1) is 17.5 Å². The van der Waals surface area contributed by atoms with Crippen molar-refractivity contribution in [2.24, 2.45) is 0 Å². The summed E-state index contributed by atoms with van der Waals surface area (Å²) in [5.74, 6) is 1.86. The zero-order chi connectivity index (χ0) is 17.2. The van der Waals surface area contributed by atoms with E-state index in [2.05, 4.69) is 10.3 Å². The first kappa shape index (κ1) is 17.2. The van der Waals surface area contributed by atoms with Gasteiger partial charge < -0.3 is 10.4 Å². The molecule has 0 aliphatic carbocycles. The minimum absolute atomic E-state index is 0.0510. The average molecular weight is 344 g/mol. The fraction of sp³-hybridized carbons (Fsp3) is 0.474. The third-order valence-corrected chi connectivity index (χ3v) is 5.85. The highest BCUT2D eigenvalue weighted by Gasteiger charge is 2.29. The van der Waals surface area contributed by atoms with Crippen molar-refractivity contribution in [1.82, 2.24) is 10.3 Å². The molecule has 0 radical (unpaired) electrons. The lowest BCUT2D eigenvalue weighted by Crippen LogP contribution is -2.45. The van der Waals surface area contributed by atoms with E-state index in [-0.39, 0.29) is 5.91 Å². The fourth-order valence-corrected chi connectivity index (χ4v) is 4.50. The molecular weight excluding hydrogens is 320 g/mol. The second kappa shape index (κ2) is 7.11. The van der Waals surface area contributed by atoms with Crippen LogP contribution in [0.1, 0.15) is 29.7 Å². The first-order valence-corrected chi connectivity index (χ1v) is 9.56. The topological polar surface area (TPSA) is 62.2 Å². The van der Waals surface area contributed by atoms with E-state index < -0.39 is 5.60 Å². The van der Waals surface area contributed by atoms with Crippen LogP contribution in [-0.2, 0) is 11.2 Å². The lowest BCUT2D eigenvalue weighted by Gasteiger charge is -2.31. The van der Waals surface area contributed by atoms with Gasteiger partial charge in [-0.25, -0.2) is 0 Å². The van der Waals surface area contributed by atoms with E-state index >= 15 is 0 Å². The number of rotatable bonds is 4. The summed E-state index contributed by atoms with van der Waals surface area (Å²) in [5, 5.41) is 14.5. The standard InChI is InChI=1S/C19H24N2O2S/c1-13-15-5-3-4-6-17(15)21-14(2)16(13)11-18(22)20-12-19(23)7-9-24-10-8-19/h3-6,23H,7-12H2,1-2H3,(H,20,22). The molecule has 0 spiro atoms. The summed E-state index contributed by atoms with van der Waals surface area (Å²) < 4.78 is 0. The summed E-state index contributed by atoms with van der Waals surface area (Å²) in [4.78, 5) is 17.0. The molecule has 24 heavy (non-hydrogen) atoms. The molecule has 0 saturated carbocycles. The Morgan fingerprint density at radius 2 is 2.00 bits per heavy atom. The maximum Gasteiger partial charge on any atom is 0.224 e. The molecule has 1 saturated heterocycles. The maximum absolute atomic E-state index is 12.4. The number of carbonyl (C=O) groups excluding carboxylic acids is 1. The molecule has 1 aliphatic heterocycles. The number of hydrogen-bond acceptors (Lipinski definition) is 4. The number of pyridine rings is 1. The fourth-order valence-electron chi connectivity index (χ4n) is 3.25. The van der Waals surface area contributed by atoms with Crippen LogP contribution in [0.4, 0.5) is 0 Å². The Balaban J connectivity index is 1.71. The Morgan fingerprint density at radius 1 is 1.29 bits per heavy atom. The average Bonchev–Trinajstić information content (AvgIpc) is 2.58. The number of thioether (sulfide) groups is 1. The lowest BCUT2D eigenvalue weighted by molar-refractivity contribution is -0.121. The van der Waals surface area contributed by atoms with Crippen molar-refractivity contribution in [3.05, 3.63) is 41.1 Å². The van der Waals surface area contributed by atoms with Gasteiger partial charge in [-0.3, -0.25) is 9.78 Å². The van der Waals surface area contributed by atoms with Gasteiger partial charge in [0, 0.05) is 17.6 Å². The van der Waals surface area contributed by atoms with Crippen LogP contribution < -0.4 is 5.32 Å². The normalized spacial score (nSPS) is 17.0. The molecule has 3 rings (SSSR count). The number of para-hydroxylation sites is 1. The second-order valence-corrected chi connectivity index (χ2v) is 7.83. The van der Waals surface area contributed by atoms with Gasteiger partial charge in [0.15, 0.2) is 0 Å². The minimum atomic E-state index is -0.743. The molecule has 2 aromatic rings. The molecule has 2 N–H and O–H groups in total. The Hall–Kier alpha value is -1.59. The van der Waals surface area contributed by atoms with E-state index in [4.69, 9.17) is 0 Å². The molecule has 1 aromatic heterocycles. The van der Waals surface area contributed by atoms with E-state index in [9.17, 15) is 9.90 Å². The SMILES string of the molecule is Cc1nc2ccccc2c(C)c1CC(=O)NCC1(O)CCSCC1. The van der Waals surface area contributed by atoms with Crippen molar-refractivity contribution in [3.8, 4) is 0 Å². The number of aryl methyl sites for hydroxylation is 2. The number of carbonyl (C=O) groups is 1. The van der Waals surface area contributed by atoms with Crippen LogP contribution >= 0.6 is 11.8 Å². The van der Waals surface area contributed by atoms with Crippen molar-refractivity contribution >= 4 is 28.6 Å². The minimum Gasteiger partial charge on any atom is -0.388 e. The zero-order valence-corrected chi connectivity index (χ0v) is 15.1. The maximum atomic E-state index is 12.4. The first-order valence-electron chi connectivity index (χ1n) is 8.40. The van der Waals surface area contributed by atoms with Gasteiger partial charge >= 0.3 is 0 Å². The first-order chi connectivity index (χ1) is 11.5. The Kier molecular flexibility index (Phi) is 5.11. The van der Waals surface area contributed by atoms with Crippen LogP contribution in [0.5, 0.6) is 0 Å². The largest absolute Gasteiger partial charge is 0.388 e. The zero-order valence-electron chi connectivity index (χ0n) is 14.3. The molecule has 1 amide bonds. The van der Waals surface area contributed by atoms with E-state index in [1.165, 1.54) is 0 Å². The predicted molar refractivity (Wildman–Crippen MR) is 99.4 cm³/mol. The summed E-state index contributed by atoms with van der Waals surface area (Å²) in [6.45, 7) is 4.34. The summed E-state index contributed by atoms with van der Waals surface area (Å²) in [6, 6.07) is 8.01. The van der Waals surface area contributed by atoms with E-state index in [0.29, 0.717) is 13.0 Å². The van der Waals surface area contributed by atoms with Gasteiger partial charge in [0.2, 0.25) is 5.91 Å². The summed E-state index contributed by atoms with van der Waals surface area (Å²) in [7, 11) is 0. The third kappa shape index (κ3) is 3.73. The van der Waals surface area contributed by atoms with Crippen LogP contribution in [0.15, 0.2) is 24.3 Å². The van der Waals surface area contributed by atoms with E-state index in [1.807, 2.05) is 49.9 Å². The summed E-state index contributed by atoms with van der Waals surface area (Å²) in [5.41, 5.74) is 3.21. The number of benzene rings is 1. The van der Waals surface area contributed by atoms with Crippen molar-refractivity contribution in [3.63, 3.8) is 0 Å². The van der Waals surface area contributed by atoms with Crippen LogP contribution in [0, 0.1) is 13.8 Å². The third-order valence-electron chi connectivity index (χ3n) is 4.86. The quantitative estimate of drug-likeness (QED) is 0.895. The van der Waals surface area contributed by atoms with Gasteiger partial charge in [-0.1, -0.05) is 18.2 Å². The molecule has 0 atom stereocenters. The number of amides is 1. The molecule has 4 nitrogen and oxygen atoms in total. The van der Waals surface area contributed by atoms with Crippen LogP contribution in [0.2, 0.25) is 0 Å². The molecule has 5 heteroatoms. The Labute approximate surface area is 147 Å². The lowest BCUT2D eigenvalue weighted by atomic mass is 9.96. The summed E-state index contributed by atoms with van der Waals surface area (Å²) in [6.07, 6.45) is 1.79. The van der Waals surface area contributed by atoms with Gasteiger partial charge in [-0.15, -0.1) is 0 Å². The molecule has 1 aliphatic rings. The second-order valence-electron chi connectivity index (χ2n) is 6.61. The van der Waals surface area contributed by atoms with E-state index in [1.54, 1.807) is 0 Å². The van der Waals surface area contributed by atoms with E-state index in [0.717, 1.165) is 52.1 Å². The van der Waals surface area contributed by atoms with Crippen LogP contribution in [0.25, 0.3) is 10.9 Å². The molecule has 0 unspecified atom stereocenters. The van der Waals surface area contributed by atoms with Crippen molar-refractivity contribution in [2.75, 3.05) is 18.1 Å².